The molecule has 0 bridgehead atoms. The summed E-state index contributed by atoms with van der Waals surface area (Å²) in [6.45, 7) is 2.16. The summed E-state index contributed by atoms with van der Waals surface area (Å²) < 4.78 is 1.78. The Morgan fingerprint density at radius 3 is 2.55 bits per heavy atom. The van der Waals surface area contributed by atoms with Crippen LogP contribution in [0.1, 0.15) is 32.6 Å². The lowest BCUT2D eigenvalue weighted by Crippen LogP contribution is -2.13. The molecule has 0 spiro atoms. The second kappa shape index (κ2) is 8.04. The highest BCUT2D eigenvalue weighted by atomic mass is 127. The number of unbranched alkanes of at least 4 members (excludes halogenated alkanes) is 1. The van der Waals surface area contributed by atoms with Crippen molar-refractivity contribution in [3.8, 4) is 0 Å². The zero-order chi connectivity index (χ0) is 8.69. The number of rotatable bonds is 6. The maximum atomic E-state index is 9.47. The van der Waals surface area contributed by atoms with Crippen LogP contribution in [-0.4, -0.2) is 19.6 Å². The number of aliphatic hydroxyl groups is 1. The molecule has 11 heavy (non-hydrogen) atoms. The molecule has 0 aromatic heterocycles. The number of halogens is 2. The zero-order valence-electron chi connectivity index (χ0n) is 6.89. The van der Waals surface area contributed by atoms with Crippen LogP contribution in [0.15, 0.2) is 0 Å². The van der Waals surface area contributed by atoms with Gasteiger partial charge in [0.05, 0.1) is 6.10 Å². The van der Waals surface area contributed by atoms with Gasteiger partial charge in [0.2, 0.25) is 0 Å². The molecule has 0 rings (SSSR count). The first kappa shape index (κ1) is 12.4. The second-order valence-corrected chi connectivity index (χ2v) is 5.43. The van der Waals surface area contributed by atoms with E-state index >= 15 is 0 Å². The van der Waals surface area contributed by atoms with Gasteiger partial charge >= 0.3 is 0 Å². The molecule has 68 valence electrons. The van der Waals surface area contributed by atoms with E-state index in [1.54, 1.807) is 0 Å². The molecule has 2 atom stereocenters. The number of hydrogen-bond donors (Lipinski definition) is 1. The van der Waals surface area contributed by atoms with E-state index in [4.69, 9.17) is 0 Å². The van der Waals surface area contributed by atoms with E-state index in [2.05, 4.69) is 52.1 Å². The van der Waals surface area contributed by atoms with Gasteiger partial charge in [0.1, 0.15) is 0 Å². The van der Waals surface area contributed by atoms with Gasteiger partial charge in [-0.05, 0) is 12.8 Å². The van der Waals surface area contributed by atoms with Gasteiger partial charge in [-0.1, -0.05) is 64.9 Å². The third kappa shape index (κ3) is 7.77. The van der Waals surface area contributed by atoms with Crippen LogP contribution >= 0.6 is 45.2 Å². The summed E-state index contributed by atoms with van der Waals surface area (Å²) in [5.41, 5.74) is 0. The summed E-state index contributed by atoms with van der Waals surface area (Å²) in [6.07, 6.45) is 4.22. The molecular formula is C8H16I2O. The Bertz CT molecular complexity index is 88.2. The van der Waals surface area contributed by atoms with Crippen molar-refractivity contribution < 1.29 is 5.11 Å². The minimum Gasteiger partial charge on any atom is -0.393 e. The second-order valence-electron chi connectivity index (χ2n) is 2.78. The quantitative estimate of drug-likeness (QED) is 0.553. The molecule has 0 saturated carbocycles. The molecule has 0 aromatic rings. The lowest BCUT2D eigenvalue weighted by atomic mass is 10.1. The fourth-order valence-electron chi connectivity index (χ4n) is 0.916. The first-order valence-electron chi connectivity index (χ1n) is 4.08. The van der Waals surface area contributed by atoms with Gasteiger partial charge < -0.3 is 5.11 Å². The Morgan fingerprint density at radius 2 is 2.09 bits per heavy atom. The predicted molar refractivity (Wildman–Crippen MR) is 66.8 cm³/mol. The van der Waals surface area contributed by atoms with Gasteiger partial charge in [-0.3, -0.25) is 0 Å². The average Bonchev–Trinajstić information content (AvgIpc) is 2.00. The third-order valence-corrected chi connectivity index (χ3v) is 5.28. The summed E-state index contributed by atoms with van der Waals surface area (Å²) >= 11 is 4.77. The Hall–Kier alpha value is 1.42. The lowest BCUT2D eigenvalue weighted by Gasteiger charge is -2.12. The summed E-state index contributed by atoms with van der Waals surface area (Å²) in [5, 5.41) is 9.47. The van der Waals surface area contributed by atoms with E-state index in [0.717, 1.165) is 23.7 Å². The highest BCUT2D eigenvalue weighted by molar-refractivity contribution is 14.1. The highest BCUT2D eigenvalue weighted by Crippen LogP contribution is 2.15. The third-order valence-electron chi connectivity index (χ3n) is 1.59. The molecule has 0 saturated heterocycles. The van der Waals surface area contributed by atoms with Crippen molar-refractivity contribution in [2.45, 2.75) is 42.6 Å². The largest absolute Gasteiger partial charge is 0.393 e. The van der Waals surface area contributed by atoms with Gasteiger partial charge in [0.25, 0.3) is 0 Å². The van der Waals surface area contributed by atoms with Crippen molar-refractivity contribution >= 4 is 45.2 Å². The van der Waals surface area contributed by atoms with Gasteiger partial charge in [-0.25, -0.2) is 0 Å². The van der Waals surface area contributed by atoms with Crippen molar-refractivity contribution in [2.75, 3.05) is 4.43 Å². The molecule has 1 N–H and O–H groups in total. The molecule has 1 nitrogen and oxygen atoms in total. The van der Waals surface area contributed by atoms with E-state index in [-0.39, 0.29) is 6.10 Å². The zero-order valence-corrected chi connectivity index (χ0v) is 11.2. The van der Waals surface area contributed by atoms with Crippen LogP contribution in [-0.2, 0) is 0 Å². The number of alkyl halides is 2. The molecule has 0 fully saturated rings. The predicted octanol–water partition coefficient (Wildman–Crippen LogP) is 3.17. The van der Waals surface area contributed by atoms with Gasteiger partial charge in [-0.2, -0.15) is 0 Å². The normalized spacial score (nSPS) is 16.4. The average molecular weight is 382 g/mol. The van der Waals surface area contributed by atoms with Crippen molar-refractivity contribution in [2.24, 2.45) is 0 Å². The summed E-state index contributed by atoms with van der Waals surface area (Å²) in [6, 6.07) is 0. The molecule has 2 unspecified atom stereocenters. The molecule has 3 heteroatoms. The number of hydrogen-bond acceptors (Lipinski definition) is 1. The first-order valence-corrected chi connectivity index (χ1v) is 6.85. The van der Waals surface area contributed by atoms with Crippen molar-refractivity contribution in [3.05, 3.63) is 0 Å². The van der Waals surface area contributed by atoms with Crippen LogP contribution < -0.4 is 0 Å². The molecule has 0 aliphatic heterocycles. The Labute approximate surface area is 96.6 Å². The topological polar surface area (TPSA) is 20.2 Å². The van der Waals surface area contributed by atoms with E-state index in [1.165, 1.54) is 6.42 Å². The Balaban J connectivity index is 3.27. The molecule has 0 amide bonds. The van der Waals surface area contributed by atoms with E-state index in [0.29, 0.717) is 3.92 Å². The van der Waals surface area contributed by atoms with Crippen LogP contribution in [0.25, 0.3) is 0 Å². The van der Waals surface area contributed by atoms with E-state index in [1.807, 2.05) is 0 Å². The Morgan fingerprint density at radius 1 is 1.45 bits per heavy atom. The van der Waals surface area contributed by atoms with Crippen LogP contribution in [0.5, 0.6) is 0 Å². The molecule has 0 aliphatic carbocycles. The molecular weight excluding hydrogens is 366 g/mol. The molecule has 0 aliphatic rings. The minimum absolute atomic E-state index is 0.0633. The molecule has 0 radical (unpaired) electrons. The van der Waals surface area contributed by atoms with Gasteiger partial charge in [-0.15, -0.1) is 0 Å². The lowest BCUT2D eigenvalue weighted by molar-refractivity contribution is 0.154. The summed E-state index contributed by atoms with van der Waals surface area (Å²) in [4.78, 5) is 0. The first-order chi connectivity index (χ1) is 5.20. The standard InChI is InChI=1S/C8H16I2O/c1-2-3-4-8(11)5-7(10)6-9/h7-8,11H,2-6H2,1H3. The maximum Gasteiger partial charge on any atom is 0.0550 e. The summed E-state index contributed by atoms with van der Waals surface area (Å²) in [5.74, 6) is 0. The molecule has 0 heterocycles. The van der Waals surface area contributed by atoms with Crippen LogP contribution in [0, 0.1) is 0 Å². The minimum atomic E-state index is -0.0633. The Kier molecular flexibility index (Phi) is 9.08. The smallest absolute Gasteiger partial charge is 0.0550 e. The maximum absolute atomic E-state index is 9.47. The van der Waals surface area contributed by atoms with E-state index < -0.39 is 0 Å². The highest BCUT2D eigenvalue weighted by Gasteiger charge is 2.09. The fourth-order valence-corrected chi connectivity index (χ4v) is 1.86. The fraction of sp³-hybridized carbons (Fsp3) is 1.00. The summed E-state index contributed by atoms with van der Waals surface area (Å²) in [7, 11) is 0. The van der Waals surface area contributed by atoms with Crippen LogP contribution in [0.4, 0.5) is 0 Å². The van der Waals surface area contributed by atoms with Crippen LogP contribution in [0.2, 0.25) is 0 Å². The van der Waals surface area contributed by atoms with Crippen molar-refractivity contribution in [1.82, 2.24) is 0 Å². The van der Waals surface area contributed by atoms with E-state index in [9.17, 15) is 5.11 Å². The van der Waals surface area contributed by atoms with Crippen LogP contribution in [0.3, 0.4) is 0 Å². The van der Waals surface area contributed by atoms with Gasteiger partial charge in [0, 0.05) is 8.35 Å². The SMILES string of the molecule is CCCCC(O)CC(I)CI. The molecule has 0 aromatic carbocycles. The van der Waals surface area contributed by atoms with Crippen molar-refractivity contribution in [1.29, 1.82) is 0 Å². The monoisotopic (exact) mass is 382 g/mol. The number of aliphatic hydroxyl groups excluding tert-OH is 1. The van der Waals surface area contributed by atoms with Gasteiger partial charge in [0.15, 0.2) is 0 Å². The van der Waals surface area contributed by atoms with Crippen molar-refractivity contribution in [3.63, 3.8) is 0 Å².